The van der Waals surface area contributed by atoms with Gasteiger partial charge in [0.05, 0.1) is 30.0 Å². The molecule has 3 aromatic carbocycles. The minimum atomic E-state index is -0.502. The first kappa shape index (κ1) is 18.4. The summed E-state index contributed by atoms with van der Waals surface area (Å²) in [7, 11) is 3.23. The predicted molar refractivity (Wildman–Crippen MR) is 119 cm³/mol. The number of carbonyl (C=O) groups excluding carboxylic acids is 1. The van der Waals surface area contributed by atoms with E-state index in [0.29, 0.717) is 22.2 Å². The number of rotatable bonds is 4. The standard InChI is InChI=1S/C23H19N3O3S/c1-28-14-11-12-19(29-2)16(13-14)21-24-17-8-4-3-7-15(17)22(27)26(21)23-25-18-9-5-6-10-20(18)30-23/h3-13,21,24H,1-2H3. The average Bonchev–Trinajstić information content (AvgIpc) is 3.22. The normalized spacial score (nSPS) is 15.6. The van der Waals surface area contributed by atoms with Crippen molar-refractivity contribution in [2.45, 2.75) is 6.17 Å². The Morgan fingerprint density at radius 2 is 1.80 bits per heavy atom. The summed E-state index contributed by atoms with van der Waals surface area (Å²) >= 11 is 1.49. The van der Waals surface area contributed by atoms with Crippen LogP contribution in [0.1, 0.15) is 22.1 Å². The fourth-order valence-corrected chi connectivity index (χ4v) is 4.68. The summed E-state index contributed by atoms with van der Waals surface area (Å²) < 4.78 is 12.1. The van der Waals surface area contributed by atoms with E-state index >= 15 is 0 Å². The van der Waals surface area contributed by atoms with Crippen LogP contribution in [0.2, 0.25) is 0 Å². The van der Waals surface area contributed by atoms with Gasteiger partial charge in [0.2, 0.25) is 0 Å². The lowest BCUT2D eigenvalue weighted by molar-refractivity contribution is 0.0974. The highest BCUT2D eigenvalue weighted by Gasteiger charge is 2.37. The SMILES string of the molecule is COc1ccc(OC)c(C2Nc3ccccc3C(=O)N2c2nc3ccccc3s2)c1. The Balaban J connectivity index is 1.72. The summed E-state index contributed by atoms with van der Waals surface area (Å²) in [6, 6.07) is 20.9. The molecule has 0 aliphatic carbocycles. The summed E-state index contributed by atoms with van der Waals surface area (Å²) in [5, 5.41) is 4.12. The maximum Gasteiger partial charge on any atom is 0.264 e. The number of thiazole rings is 1. The van der Waals surface area contributed by atoms with Crippen molar-refractivity contribution in [3.8, 4) is 11.5 Å². The summed E-state index contributed by atoms with van der Waals surface area (Å²) in [6.07, 6.45) is -0.502. The topological polar surface area (TPSA) is 63.7 Å². The Hall–Kier alpha value is -3.58. The lowest BCUT2D eigenvalue weighted by Gasteiger charge is -2.37. The predicted octanol–water partition coefficient (Wildman–Crippen LogP) is 5.08. The van der Waals surface area contributed by atoms with Gasteiger partial charge in [0, 0.05) is 11.3 Å². The van der Waals surface area contributed by atoms with Crippen LogP contribution in [-0.2, 0) is 0 Å². The second-order valence-electron chi connectivity index (χ2n) is 6.84. The molecule has 2 heterocycles. The van der Waals surface area contributed by atoms with Crippen LogP contribution in [0.4, 0.5) is 10.8 Å². The van der Waals surface area contributed by atoms with E-state index in [1.54, 1.807) is 19.1 Å². The van der Waals surface area contributed by atoms with Crippen LogP contribution in [0.25, 0.3) is 10.2 Å². The van der Waals surface area contributed by atoms with Crippen molar-refractivity contribution >= 4 is 38.3 Å². The Bertz CT molecular complexity index is 1220. The molecule has 1 atom stereocenters. The molecule has 0 bridgehead atoms. The second kappa shape index (κ2) is 7.35. The number of nitrogens with one attached hydrogen (secondary N) is 1. The maximum absolute atomic E-state index is 13.6. The molecule has 0 fully saturated rings. The zero-order valence-corrected chi connectivity index (χ0v) is 17.3. The third kappa shape index (κ3) is 2.95. The van der Waals surface area contributed by atoms with Crippen LogP contribution in [0.5, 0.6) is 11.5 Å². The van der Waals surface area contributed by atoms with Gasteiger partial charge in [0.15, 0.2) is 5.13 Å². The van der Waals surface area contributed by atoms with Crippen molar-refractivity contribution in [3.05, 3.63) is 77.9 Å². The Kier molecular flexibility index (Phi) is 4.52. The smallest absolute Gasteiger partial charge is 0.264 e. The van der Waals surface area contributed by atoms with E-state index in [-0.39, 0.29) is 5.91 Å². The molecular formula is C23H19N3O3S. The number of carbonyl (C=O) groups is 1. The molecule has 4 aromatic rings. The van der Waals surface area contributed by atoms with Crippen LogP contribution in [0, 0.1) is 0 Å². The summed E-state index contributed by atoms with van der Waals surface area (Å²) in [4.78, 5) is 20.1. The Morgan fingerprint density at radius 3 is 2.60 bits per heavy atom. The monoisotopic (exact) mass is 417 g/mol. The number of hydrogen-bond donors (Lipinski definition) is 1. The Morgan fingerprint density at radius 1 is 1.00 bits per heavy atom. The van der Waals surface area contributed by atoms with E-state index < -0.39 is 6.17 Å². The first-order valence-electron chi connectivity index (χ1n) is 9.46. The first-order valence-corrected chi connectivity index (χ1v) is 10.3. The van der Waals surface area contributed by atoms with E-state index in [1.165, 1.54) is 11.3 Å². The molecule has 1 amide bonds. The molecular weight excluding hydrogens is 398 g/mol. The number of ether oxygens (including phenoxy) is 2. The number of amides is 1. The van der Waals surface area contributed by atoms with E-state index in [2.05, 4.69) is 5.32 Å². The number of benzene rings is 3. The molecule has 0 spiro atoms. The van der Waals surface area contributed by atoms with Gasteiger partial charge in [-0.1, -0.05) is 35.6 Å². The Labute approximate surface area is 177 Å². The van der Waals surface area contributed by atoms with Crippen molar-refractivity contribution in [2.24, 2.45) is 0 Å². The zero-order chi connectivity index (χ0) is 20.7. The van der Waals surface area contributed by atoms with Crippen LogP contribution < -0.4 is 19.7 Å². The van der Waals surface area contributed by atoms with E-state index in [0.717, 1.165) is 21.5 Å². The van der Waals surface area contributed by atoms with Gasteiger partial charge in [-0.2, -0.15) is 0 Å². The van der Waals surface area contributed by atoms with Crippen LogP contribution in [0.15, 0.2) is 66.7 Å². The van der Waals surface area contributed by atoms with Gasteiger partial charge in [-0.05, 0) is 42.5 Å². The molecule has 5 rings (SSSR count). The lowest BCUT2D eigenvalue weighted by Crippen LogP contribution is -2.43. The minimum absolute atomic E-state index is 0.113. The number of aromatic nitrogens is 1. The summed E-state index contributed by atoms with van der Waals surface area (Å²) in [6.45, 7) is 0. The molecule has 0 saturated carbocycles. The van der Waals surface area contributed by atoms with Gasteiger partial charge in [-0.15, -0.1) is 0 Å². The highest BCUT2D eigenvalue weighted by molar-refractivity contribution is 7.22. The fraction of sp³-hybridized carbons (Fsp3) is 0.130. The summed E-state index contributed by atoms with van der Waals surface area (Å²) in [5.74, 6) is 1.23. The van der Waals surface area contributed by atoms with Gasteiger partial charge in [-0.25, -0.2) is 4.98 Å². The highest BCUT2D eigenvalue weighted by Crippen LogP contribution is 2.42. The average molecular weight is 417 g/mol. The number of nitrogens with zero attached hydrogens (tertiary/aromatic N) is 2. The van der Waals surface area contributed by atoms with E-state index in [9.17, 15) is 4.79 Å². The van der Waals surface area contributed by atoms with Crippen molar-refractivity contribution in [1.82, 2.24) is 4.98 Å². The van der Waals surface area contributed by atoms with Crippen molar-refractivity contribution in [1.29, 1.82) is 0 Å². The summed E-state index contributed by atoms with van der Waals surface area (Å²) in [5.41, 5.74) is 3.03. The maximum atomic E-state index is 13.6. The minimum Gasteiger partial charge on any atom is -0.497 e. The van der Waals surface area contributed by atoms with E-state index in [1.807, 2.05) is 66.7 Å². The molecule has 150 valence electrons. The molecule has 30 heavy (non-hydrogen) atoms. The molecule has 0 saturated heterocycles. The van der Waals surface area contributed by atoms with Crippen molar-refractivity contribution in [3.63, 3.8) is 0 Å². The molecule has 1 aliphatic heterocycles. The molecule has 1 aliphatic rings. The molecule has 1 unspecified atom stereocenters. The van der Waals surface area contributed by atoms with Crippen LogP contribution in [-0.4, -0.2) is 25.1 Å². The molecule has 6 nitrogen and oxygen atoms in total. The molecule has 0 radical (unpaired) electrons. The zero-order valence-electron chi connectivity index (χ0n) is 16.5. The van der Waals surface area contributed by atoms with E-state index in [4.69, 9.17) is 14.5 Å². The van der Waals surface area contributed by atoms with Gasteiger partial charge in [-0.3, -0.25) is 9.69 Å². The number of fused-ring (bicyclic) bond motifs is 2. The highest BCUT2D eigenvalue weighted by atomic mass is 32.1. The third-order valence-electron chi connectivity index (χ3n) is 5.15. The van der Waals surface area contributed by atoms with Crippen LogP contribution >= 0.6 is 11.3 Å². The van der Waals surface area contributed by atoms with Gasteiger partial charge in [0.1, 0.15) is 17.7 Å². The number of methoxy groups -OCH3 is 2. The van der Waals surface area contributed by atoms with Gasteiger partial charge < -0.3 is 14.8 Å². The lowest BCUT2D eigenvalue weighted by atomic mass is 10.0. The van der Waals surface area contributed by atoms with Gasteiger partial charge >= 0.3 is 0 Å². The molecule has 7 heteroatoms. The second-order valence-corrected chi connectivity index (χ2v) is 7.85. The molecule has 1 aromatic heterocycles. The first-order chi connectivity index (χ1) is 14.7. The number of anilines is 2. The quantitative estimate of drug-likeness (QED) is 0.501. The third-order valence-corrected chi connectivity index (χ3v) is 6.18. The number of para-hydroxylation sites is 2. The van der Waals surface area contributed by atoms with Crippen molar-refractivity contribution < 1.29 is 14.3 Å². The molecule has 1 N–H and O–H groups in total. The van der Waals surface area contributed by atoms with Crippen LogP contribution in [0.3, 0.4) is 0 Å². The number of hydrogen-bond acceptors (Lipinski definition) is 6. The van der Waals surface area contributed by atoms with Crippen molar-refractivity contribution in [2.75, 3.05) is 24.4 Å². The largest absolute Gasteiger partial charge is 0.497 e. The fourth-order valence-electron chi connectivity index (χ4n) is 3.68. The van der Waals surface area contributed by atoms with Gasteiger partial charge in [0.25, 0.3) is 5.91 Å².